The molecule has 0 aliphatic carbocycles. The first-order valence-corrected chi connectivity index (χ1v) is 7.13. The average molecular weight is 292 g/mol. The SMILES string of the molecule is CC(=O)SCC1CC(=O)N(c2cccc(C#N)c2F)C1. The number of anilines is 1. The molecule has 0 bridgehead atoms. The summed E-state index contributed by atoms with van der Waals surface area (Å²) < 4.78 is 14.1. The molecule has 1 unspecified atom stereocenters. The molecule has 0 N–H and O–H groups in total. The third-order valence-electron chi connectivity index (χ3n) is 3.12. The monoisotopic (exact) mass is 292 g/mol. The van der Waals surface area contributed by atoms with E-state index in [1.54, 1.807) is 12.1 Å². The zero-order chi connectivity index (χ0) is 14.7. The topological polar surface area (TPSA) is 61.2 Å². The van der Waals surface area contributed by atoms with Crippen LogP contribution in [0.2, 0.25) is 0 Å². The van der Waals surface area contributed by atoms with E-state index in [9.17, 15) is 14.0 Å². The van der Waals surface area contributed by atoms with E-state index in [0.717, 1.165) is 0 Å². The summed E-state index contributed by atoms with van der Waals surface area (Å²) in [5, 5.41) is 8.82. The first-order chi connectivity index (χ1) is 9.52. The number of nitrogens with zero attached hydrogens (tertiary/aromatic N) is 2. The molecule has 0 aromatic heterocycles. The second-order valence-corrected chi connectivity index (χ2v) is 5.82. The highest BCUT2D eigenvalue weighted by Crippen LogP contribution is 2.30. The first kappa shape index (κ1) is 14.5. The van der Waals surface area contributed by atoms with Crippen LogP contribution >= 0.6 is 11.8 Å². The zero-order valence-electron chi connectivity index (χ0n) is 10.9. The zero-order valence-corrected chi connectivity index (χ0v) is 11.7. The number of hydrogen-bond donors (Lipinski definition) is 0. The lowest BCUT2D eigenvalue weighted by Gasteiger charge is -2.17. The Kier molecular flexibility index (Phi) is 4.40. The maximum Gasteiger partial charge on any atom is 0.227 e. The van der Waals surface area contributed by atoms with Gasteiger partial charge in [0.1, 0.15) is 6.07 Å². The Bertz CT molecular complexity index is 597. The lowest BCUT2D eigenvalue weighted by Crippen LogP contribution is -2.26. The van der Waals surface area contributed by atoms with Gasteiger partial charge < -0.3 is 4.90 Å². The summed E-state index contributed by atoms with van der Waals surface area (Å²) in [7, 11) is 0. The molecule has 0 saturated carbocycles. The van der Waals surface area contributed by atoms with E-state index in [2.05, 4.69) is 0 Å². The van der Waals surface area contributed by atoms with Crippen molar-refractivity contribution in [2.24, 2.45) is 5.92 Å². The number of thioether (sulfide) groups is 1. The van der Waals surface area contributed by atoms with Crippen LogP contribution in [0.15, 0.2) is 18.2 Å². The quantitative estimate of drug-likeness (QED) is 0.858. The van der Waals surface area contributed by atoms with Gasteiger partial charge in [0.25, 0.3) is 0 Å². The molecular formula is C14H13FN2O2S. The standard InChI is InChI=1S/C14H13FN2O2S/c1-9(18)20-8-10-5-13(19)17(7-10)12-4-2-3-11(6-16)14(12)15/h2-4,10H,5,7-8H2,1H3. The molecule has 1 heterocycles. The maximum absolute atomic E-state index is 14.1. The van der Waals surface area contributed by atoms with E-state index < -0.39 is 5.82 Å². The van der Waals surface area contributed by atoms with Gasteiger partial charge in [0, 0.05) is 25.6 Å². The van der Waals surface area contributed by atoms with Crippen LogP contribution in [0.4, 0.5) is 10.1 Å². The van der Waals surface area contributed by atoms with Gasteiger partial charge in [-0.15, -0.1) is 0 Å². The number of carbonyl (C=O) groups excluding carboxylic acids is 2. The minimum Gasteiger partial charge on any atom is -0.309 e. The van der Waals surface area contributed by atoms with Crippen molar-refractivity contribution in [3.05, 3.63) is 29.6 Å². The van der Waals surface area contributed by atoms with Crippen molar-refractivity contribution in [2.75, 3.05) is 17.2 Å². The predicted octanol–water partition coefficient (Wildman–Crippen LogP) is 2.33. The lowest BCUT2D eigenvalue weighted by molar-refractivity contribution is -0.117. The van der Waals surface area contributed by atoms with Crippen LogP contribution in [0.5, 0.6) is 0 Å². The van der Waals surface area contributed by atoms with E-state index in [1.807, 2.05) is 0 Å². The van der Waals surface area contributed by atoms with Crippen LogP contribution in [0.3, 0.4) is 0 Å². The van der Waals surface area contributed by atoms with Gasteiger partial charge in [0.2, 0.25) is 5.91 Å². The van der Waals surface area contributed by atoms with Gasteiger partial charge in [0.15, 0.2) is 10.9 Å². The fourth-order valence-corrected chi connectivity index (χ4v) is 2.87. The van der Waals surface area contributed by atoms with Gasteiger partial charge in [-0.25, -0.2) is 4.39 Å². The van der Waals surface area contributed by atoms with Crippen LogP contribution in [-0.2, 0) is 9.59 Å². The largest absolute Gasteiger partial charge is 0.309 e. The average Bonchev–Trinajstić information content (AvgIpc) is 2.78. The molecule has 0 spiro atoms. The Morgan fingerprint density at radius 1 is 1.60 bits per heavy atom. The van der Waals surface area contributed by atoms with Crippen LogP contribution in [0.1, 0.15) is 18.9 Å². The first-order valence-electron chi connectivity index (χ1n) is 6.15. The van der Waals surface area contributed by atoms with E-state index in [-0.39, 0.29) is 28.2 Å². The number of halogens is 1. The number of hydrogen-bond acceptors (Lipinski definition) is 4. The highest BCUT2D eigenvalue weighted by Gasteiger charge is 2.32. The van der Waals surface area contributed by atoms with E-state index in [0.29, 0.717) is 18.7 Å². The summed E-state index contributed by atoms with van der Waals surface area (Å²) in [4.78, 5) is 24.3. The predicted molar refractivity (Wildman–Crippen MR) is 74.7 cm³/mol. The molecule has 104 valence electrons. The molecule has 1 amide bonds. The second kappa shape index (κ2) is 6.06. The molecule has 4 nitrogen and oxygen atoms in total. The molecule has 2 rings (SSSR count). The smallest absolute Gasteiger partial charge is 0.227 e. The van der Waals surface area contributed by atoms with Crippen molar-refractivity contribution in [1.29, 1.82) is 5.26 Å². The Morgan fingerprint density at radius 2 is 2.35 bits per heavy atom. The van der Waals surface area contributed by atoms with Crippen LogP contribution < -0.4 is 4.90 Å². The van der Waals surface area contributed by atoms with Crippen LogP contribution in [0, 0.1) is 23.1 Å². The molecule has 1 aromatic carbocycles. The van der Waals surface area contributed by atoms with Crippen molar-refractivity contribution in [3.63, 3.8) is 0 Å². The van der Waals surface area contributed by atoms with E-state index in [1.165, 1.54) is 35.7 Å². The summed E-state index contributed by atoms with van der Waals surface area (Å²) >= 11 is 1.18. The molecule has 0 radical (unpaired) electrons. The second-order valence-electron chi connectivity index (χ2n) is 4.63. The minimum absolute atomic E-state index is 0.00792. The third kappa shape index (κ3) is 2.99. The van der Waals surface area contributed by atoms with Crippen LogP contribution in [-0.4, -0.2) is 23.3 Å². The Morgan fingerprint density at radius 3 is 3.00 bits per heavy atom. The van der Waals surface area contributed by atoms with Crippen molar-refractivity contribution in [3.8, 4) is 6.07 Å². The molecule has 1 fully saturated rings. The molecule has 1 atom stereocenters. The number of nitriles is 1. The van der Waals surface area contributed by atoms with Crippen LogP contribution in [0.25, 0.3) is 0 Å². The Hall–Kier alpha value is -1.87. The molecule has 1 aromatic rings. The Balaban J connectivity index is 2.16. The molecule has 1 aliphatic rings. The minimum atomic E-state index is -0.664. The van der Waals surface area contributed by atoms with E-state index >= 15 is 0 Å². The lowest BCUT2D eigenvalue weighted by atomic mass is 10.1. The molecule has 20 heavy (non-hydrogen) atoms. The highest BCUT2D eigenvalue weighted by atomic mass is 32.2. The summed E-state index contributed by atoms with van der Waals surface area (Å²) in [6.07, 6.45) is 0.302. The maximum atomic E-state index is 14.1. The van der Waals surface area contributed by atoms with Crippen molar-refractivity contribution < 1.29 is 14.0 Å². The highest BCUT2D eigenvalue weighted by molar-refractivity contribution is 8.13. The summed E-state index contributed by atoms with van der Waals surface area (Å²) in [5.41, 5.74) is 0.0706. The fraction of sp³-hybridized carbons (Fsp3) is 0.357. The van der Waals surface area contributed by atoms with Crippen molar-refractivity contribution in [1.82, 2.24) is 0 Å². The summed E-state index contributed by atoms with van der Waals surface area (Å²) in [6, 6.07) is 6.19. The van der Waals surface area contributed by atoms with Gasteiger partial charge in [-0.3, -0.25) is 9.59 Å². The molecule has 1 saturated heterocycles. The van der Waals surface area contributed by atoms with Gasteiger partial charge in [-0.2, -0.15) is 5.26 Å². The third-order valence-corrected chi connectivity index (χ3v) is 4.16. The summed E-state index contributed by atoms with van der Waals surface area (Å²) in [6.45, 7) is 1.86. The number of rotatable bonds is 3. The number of amides is 1. The molecule has 6 heteroatoms. The van der Waals surface area contributed by atoms with Gasteiger partial charge in [-0.05, 0) is 18.1 Å². The number of benzene rings is 1. The number of carbonyl (C=O) groups is 2. The molecular weight excluding hydrogens is 279 g/mol. The van der Waals surface area contributed by atoms with Gasteiger partial charge in [-0.1, -0.05) is 17.8 Å². The van der Waals surface area contributed by atoms with Gasteiger partial charge in [0.05, 0.1) is 11.3 Å². The van der Waals surface area contributed by atoms with Crippen molar-refractivity contribution in [2.45, 2.75) is 13.3 Å². The normalized spacial score (nSPS) is 18.1. The van der Waals surface area contributed by atoms with Gasteiger partial charge >= 0.3 is 0 Å². The molecule has 1 aliphatic heterocycles. The Labute approximate surface area is 120 Å². The fourth-order valence-electron chi connectivity index (χ4n) is 2.18. The summed E-state index contributed by atoms with van der Waals surface area (Å²) in [5.74, 6) is -0.255. The van der Waals surface area contributed by atoms with Crippen molar-refractivity contribution >= 4 is 28.5 Å². The van der Waals surface area contributed by atoms with E-state index in [4.69, 9.17) is 5.26 Å².